The molecule has 1 aromatic heterocycles. The third kappa shape index (κ3) is 2.44. The molecule has 0 aliphatic heterocycles. The second-order valence-electron chi connectivity index (χ2n) is 6.17. The summed E-state index contributed by atoms with van der Waals surface area (Å²) in [5.74, 6) is 0.666. The monoisotopic (exact) mass is 318 g/mol. The Morgan fingerprint density at radius 2 is 1.79 bits per heavy atom. The Balaban J connectivity index is 2.40. The summed E-state index contributed by atoms with van der Waals surface area (Å²) in [6.45, 7) is 5.82. The normalized spacial score (nSPS) is 11.0. The molecule has 0 aliphatic carbocycles. The summed E-state index contributed by atoms with van der Waals surface area (Å²) in [7, 11) is 0. The molecule has 0 saturated heterocycles. The van der Waals surface area contributed by atoms with Gasteiger partial charge in [0.05, 0.1) is 22.6 Å². The van der Waals surface area contributed by atoms with Crippen LogP contribution in [0.15, 0.2) is 45.6 Å². The molecule has 0 radical (unpaired) electrons. The van der Waals surface area contributed by atoms with Crippen molar-refractivity contribution in [1.29, 1.82) is 5.26 Å². The molecule has 0 bridgehead atoms. The Morgan fingerprint density at radius 1 is 1.12 bits per heavy atom. The van der Waals surface area contributed by atoms with Crippen LogP contribution in [0.2, 0.25) is 0 Å². The predicted octanol–water partition coefficient (Wildman–Crippen LogP) is 4.35. The van der Waals surface area contributed by atoms with E-state index >= 15 is 0 Å². The van der Waals surface area contributed by atoms with Crippen molar-refractivity contribution < 1.29 is 4.42 Å². The summed E-state index contributed by atoms with van der Waals surface area (Å²) in [6, 6.07) is 12.5. The van der Waals surface area contributed by atoms with Crippen molar-refractivity contribution in [1.82, 2.24) is 0 Å². The Hall–Kier alpha value is -3.06. The van der Waals surface area contributed by atoms with Crippen LogP contribution in [0, 0.1) is 18.3 Å². The van der Waals surface area contributed by atoms with Crippen molar-refractivity contribution in [3.63, 3.8) is 0 Å². The van der Waals surface area contributed by atoms with Gasteiger partial charge in [0.1, 0.15) is 11.3 Å². The number of hydrogen-bond donors (Lipinski definition) is 1. The Kier molecular flexibility index (Phi) is 3.86. The molecule has 3 rings (SSSR count). The van der Waals surface area contributed by atoms with Crippen molar-refractivity contribution in [3.8, 4) is 17.2 Å². The molecule has 3 aromatic rings. The maximum Gasteiger partial charge on any atom is 0.200 e. The highest BCUT2D eigenvalue weighted by atomic mass is 16.3. The number of aryl methyl sites for hydroxylation is 1. The lowest BCUT2D eigenvalue weighted by Gasteiger charge is -2.14. The molecule has 0 aliphatic rings. The molecule has 0 amide bonds. The number of hydrogen-bond acceptors (Lipinski definition) is 4. The number of nitriles is 1. The van der Waals surface area contributed by atoms with E-state index in [9.17, 15) is 4.79 Å². The van der Waals surface area contributed by atoms with Crippen LogP contribution in [0.5, 0.6) is 0 Å². The van der Waals surface area contributed by atoms with E-state index in [-0.39, 0.29) is 11.3 Å². The number of rotatable bonds is 2. The molecule has 1 heterocycles. The zero-order chi connectivity index (χ0) is 17.4. The summed E-state index contributed by atoms with van der Waals surface area (Å²) in [5, 5.41) is 9.47. The maximum atomic E-state index is 13.1. The van der Waals surface area contributed by atoms with E-state index in [1.54, 1.807) is 36.4 Å². The molecule has 0 saturated carbocycles. The quantitative estimate of drug-likeness (QED) is 0.712. The number of benzene rings is 2. The Labute approximate surface area is 140 Å². The van der Waals surface area contributed by atoms with Gasteiger partial charge in [-0.3, -0.25) is 4.79 Å². The van der Waals surface area contributed by atoms with E-state index in [4.69, 9.17) is 15.4 Å². The van der Waals surface area contributed by atoms with Crippen LogP contribution in [-0.4, -0.2) is 0 Å². The minimum atomic E-state index is -0.0762. The molecule has 120 valence electrons. The fraction of sp³-hybridized carbons (Fsp3) is 0.200. The van der Waals surface area contributed by atoms with Crippen LogP contribution in [0.3, 0.4) is 0 Å². The lowest BCUT2D eigenvalue weighted by atomic mass is 9.95. The summed E-state index contributed by atoms with van der Waals surface area (Å²) < 4.78 is 6.11. The number of nitrogens with two attached hydrogens (primary N) is 1. The summed E-state index contributed by atoms with van der Waals surface area (Å²) in [5.41, 5.74) is 9.65. The van der Waals surface area contributed by atoms with Gasteiger partial charge in [-0.25, -0.2) is 0 Å². The van der Waals surface area contributed by atoms with E-state index in [0.717, 1.165) is 11.1 Å². The summed E-state index contributed by atoms with van der Waals surface area (Å²) in [4.78, 5) is 13.1. The third-order valence-corrected chi connectivity index (χ3v) is 4.20. The molecular formula is C20H18N2O2. The first-order chi connectivity index (χ1) is 11.4. The fourth-order valence-electron chi connectivity index (χ4n) is 2.82. The minimum Gasteiger partial charge on any atom is -0.460 e. The molecule has 0 unspecified atom stereocenters. The van der Waals surface area contributed by atoms with Crippen molar-refractivity contribution in [2.45, 2.75) is 26.7 Å². The zero-order valence-electron chi connectivity index (χ0n) is 13.9. The van der Waals surface area contributed by atoms with E-state index in [1.165, 1.54) is 0 Å². The lowest BCUT2D eigenvalue weighted by molar-refractivity contribution is 0.510. The highest BCUT2D eigenvalue weighted by molar-refractivity contribution is 5.88. The molecule has 0 spiro atoms. The van der Waals surface area contributed by atoms with Gasteiger partial charge < -0.3 is 10.2 Å². The van der Waals surface area contributed by atoms with Crippen molar-refractivity contribution >= 4 is 16.7 Å². The van der Waals surface area contributed by atoms with Gasteiger partial charge in [-0.15, -0.1) is 0 Å². The van der Waals surface area contributed by atoms with Crippen molar-refractivity contribution in [3.05, 3.63) is 63.5 Å². The van der Waals surface area contributed by atoms with Gasteiger partial charge in [0, 0.05) is 17.2 Å². The largest absolute Gasteiger partial charge is 0.460 e. The zero-order valence-corrected chi connectivity index (χ0v) is 13.9. The van der Waals surface area contributed by atoms with Gasteiger partial charge in [0.25, 0.3) is 0 Å². The first-order valence-corrected chi connectivity index (χ1v) is 7.80. The average molecular weight is 318 g/mol. The topological polar surface area (TPSA) is 80.0 Å². The van der Waals surface area contributed by atoms with Gasteiger partial charge in [-0.2, -0.15) is 5.26 Å². The average Bonchev–Trinajstić information content (AvgIpc) is 2.58. The molecule has 4 nitrogen and oxygen atoms in total. The molecule has 0 atom stereocenters. The highest BCUT2D eigenvalue weighted by Gasteiger charge is 2.20. The smallest absolute Gasteiger partial charge is 0.200 e. The lowest BCUT2D eigenvalue weighted by Crippen LogP contribution is -2.11. The number of nitrogen functional groups attached to an aromatic ring is 1. The summed E-state index contributed by atoms with van der Waals surface area (Å²) in [6.07, 6.45) is 0. The van der Waals surface area contributed by atoms with Crippen LogP contribution in [0.1, 0.15) is 36.7 Å². The summed E-state index contributed by atoms with van der Waals surface area (Å²) >= 11 is 0. The first-order valence-electron chi connectivity index (χ1n) is 7.80. The molecule has 0 fully saturated rings. The molecule has 24 heavy (non-hydrogen) atoms. The SMILES string of the molecule is Cc1c(N)ccc2c(=O)c(-c3ccc(C#N)cc3)c(C(C)C)oc12. The molecule has 2 N–H and O–H groups in total. The highest BCUT2D eigenvalue weighted by Crippen LogP contribution is 2.32. The van der Waals surface area contributed by atoms with Crippen LogP contribution in [0.4, 0.5) is 5.69 Å². The molecule has 2 aromatic carbocycles. The van der Waals surface area contributed by atoms with E-state index in [1.807, 2.05) is 20.8 Å². The van der Waals surface area contributed by atoms with E-state index < -0.39 is 0 Å². The van der Waals surface area contributed by atoms with Gasteiger partial charge in [0.2, 0.25) is 5.43 Å². The van der Waals surface area contributed by atoms with Crippen LogP contribution >= 0.6 is 0 Å². The maximum absolute atomic E-state index is 13.1. The van der Waals surface area contributed by atoms with Crippen LogP contribution in [-0.2, 0) is 0 Å². The Morgan fingerprint density at radius 3 is 2.38 bits per heavy atom. The third-order valence-electron chi connectivity index (χ3n) is 4.20. The fourth-order valence-corrected chi connectivity index (χ4v) is 2.82. The number of fused-ring (bicyclic) bond motifs is 1. The van der Waals surface area contributed by atoms with Crippen molar-refractivity contribution in [2.24, 2.45) is 0 Å². The number of nitrogens with zero attached hydrogens (tertiary/aromatic N) is 1. The molecular weight excluding hydrogens is 300 g/mol. The van der Waals surface area contributed by atoms with Crippen molar-refractivity contribution in [2.75, 3.05) is 5.73 Å². The predicted molar refractivity (Wildman–Crippen MR) is 95.9 cm³/mol. The van der Waals surface area contributed by atoms with Gasteiger partial charge in [-0.05, 0) is 36.8 Å². The van der Waals surface area contributed by atoms with Gasteiger partial charge in [0.15, 0.2) is 0 Å². The second-order valence-corrected chi connectivity index (χ2v) is 6.17. The standard InChI is InChI=1S/C20H18N2O2/c1-11(2)19-17(14-6-4-13(10-21)5-7-14)18(23)15-8-9-16(22)12(3)20(15)24-19/h4-9,11H,22H2,1-3H3. The molecule has 4 heteroatoms. The van der Waals surface area contributed by atoms with Crippen LogP contribution in [0.25, 0.3) is 22.1 Å². The Bertz CT molecular complexity index is 1020. The van der Waals surface area contributed by atoms with Gasteiger partial charge in [-0.1, -0.05) is 26.0 Å². The second kappa shape index (κ2) is 5.86. The first kappa shape index (κ1) is 15.8. The van der Waals surface area contributed by atoms with Crippen LogP contribution < -0.4 is 11.2 Å². The van der Waals surface area contributed by atoms with E-state index in [2.05, 4.69) is 6.07 Å². The van der Waals surface area contributed by atoms with E-state index in [0.29, 0.717) is 33.5 Å². The van der Waals surface area contributed by atoms with Gasteiger partial charge >= 0.3 is 0 Å². The number of anilines is 1. The minimum absolute atomic E-state index is 0.0357.